The van der Waals surface area contributed by atoms with Crippen molar-refractivity contribution in [1.82, 2.24) is 0 Å². The van der Waals surface area contributed by atoms with Crippen molar-refractivity contribution in [2.45, 2.75) is 4.50 Å². The Kier molecular flexibility index (Phi) is 2.94. The molecule has 0 atom stereocenters. The van der Waals surface area contributed by atoms with Crippen LogP contribution in [0, 0.1) is 0 Å². The molecule has 0 spiro atoms. The van der Waals surface area contributed by atoms with Gasteiger partial charge < -0.3 is 0 Å². The van der Waals surface area contributed by atoms with E-state index in [1.165, 1.54) is 0 Å². The monoisotopic (exact) mass is 229 g/mol. The summed E-state index contributed by atoms with van der Waals surface area (Å²) in [5, 5.41) is 0. The molecule has 2 aromatic carbocycles. The van der Waals surface area contributed by atoms with Crippen molar-refractivity contribution in [3.63, 3.8) is 0 Å². The molecule has 0 fully saturated rings. The second-order valence-electron chi connectivity index (χ2n) is 3.39. The quantitative estimate of drug-likeness (QED) is 0.548. The van der Waals surface area contributed by atoms with Gasteiger partial charge in [-0.05, 0) is 11.1 Å². The van der Waals surface area contributed by atoms with E-state index in [2.05, 4.69) is 10.2 Å². The van der Waals surface area contributed by atoms with Gasteiger partial charge in [0.05, 0.1) is 14.7 Å². The summed E-state index contributed by atoms with van der Waals surface area (Å²) < 4.78 is -0.636. The first-order valence-electron chi connectivity index (χ1n) is 4.76. The van der Waals surface area contributed by atoms with Crippen LogP contribution < -0.4 is 0 Å². The Morgan fingerprint density at radius 3 is 1.40 bits per heavy atom. The normalized spacial score (nSPS) is 11.3. The molecule has 0 aliphatic carbocycles. The molecule has 0 aliphatic heterocycles. The predicted molar refractivity (Wildman–Crippen MR) is 65.3 cm³/mol. The number of alkyl halides is 1. The van der Waals surface area contributed by atoms with Crippen LogP contribution in [0.25, 0.3) is 0 Å². The van der Waals surface area contributed by atoms with E-state index >= 15 is 0 Å². The molecular formula is C13H10ClSi. The molecule has 73 valence electrons. The highest BCUT2D eigenvalue weighted by molar-refractivity contribution is 6.46. The summed E-state index contributed by atoms with van der Waals surface area (Å²) in [6.45, 7) is 0. The predicted octanol–water partition coefficient (Wildman–Crippen LogP) is 3.30. The van der Waals surface area contributed by atoms with Gasteiger partial charge in [0, 0.05) is 0 Å². The molecular weight excluding hydrogens is 220 g/mol. The van der Waals surface area contributed by atoms with Gasteiger partial charge in [0.2, 0.25) is 0 Å². The Labute approximate surface area is 98.3 Å². The first-order chi connectivity index (χ1) is 7.21. The third-order valence-corrected chi connectivity index (χ3v) is 3.36. The lowest BCUT2D eigenvalue weighted by Crippen LogP contribution is -2.20. The maximum absolute atomic E-state index is 6.50. The van der Waals surface area contributed by atoms with E-state index in [0.29, 0.717) is 0 Å². The first kappa shape index (κ1) is 10.5. The Morgan fingerprint density at radius 1 is 0.733 bits per heavy atom. The van der Waals surface area contributed by atoms with Crippen molar-refractivity contribution in [2.24, 2.45) is 0 Å². The molecule has 0 unspecified atom stereocenters. The maximum Gasteiger partial charge on any atom is 0.0774 e. The van der Waals surface area contributed by atoms with E-state index in [1.54, 1.807) is 0 Å². The smallest absolute Gasteiger partial charge is 0.0774 e. The summed E-state index contributed by atoms with van der Waals surface area (Å²) in [7, 11) is 3.62. The van der Waals surface area contributed by atoms with Gasteiger partial charge in [-0.25, -0.2) is 0 Å². The standard InChI is InChI=1S/C13H10ClSi/c14-13(15,11-7-3-1-4-8-11)12-9-5-2-6-10-12/h1-10H. The molecule has 0 saturated heterocycles. The Morgan fingerprint density at radius 2 is 1.07 bits per heavy atom. The average molecular weight is 230 g/mol. The Hall–Kier alpha value is -1.05. The van der Waals surface area contributed by atoms with Crippen LogP contribution in [0.3, 0.4) is 0 Å². The SMILES string of the molecule is [Si]C(Cl)(c1ccccc1)c1ccccc1. The van der Waals surface area contributed by atoms with E-state index in [4.69, 9.17) is 11.6 Å². The summed E-state index contributed by atoms with van der Waals surface area (Å²) in [6.07, 6.45) is 0. The molecule has 0 aliphatic rings. The zero-order chi connectivity index (χ0) is 10.7. The lowest BCUT2D eigenvalue weighted by atomic mass is 10.0. The van der Waals surface area contributed by atoms with Crippen LogP contribution in [0.5, 0.6) is 0 Å². The highest BCUT2D eigenvalue weighted by Crippen LogP contribution is 2.32. The lowest BCUT2D eigenvalue weighted by molar-refractivity contribution is 1.04. The zero-order valence-electron chi connectivity index (χ0n) is 8.15. The third-order valence-electron chi connectivity index (χ3n) is 2.34. The summed E-state index contributed by atoms with van der Waals surface area (Å²) in [5.74, 6) is 0. The lowest BCUT2D eigenvalue weighted by Gasteiger charge is -2.23. The number of hydrogen-bond donors (Lipinski definition) is 0. The van der Waals surface area contributed by atoms with E-state index < -0.39 is 4.50 Å². The third kappa shape index (κ3) is 2.14. The highest BCUT2D eigenvalue weighted by Gasteiger charge is 2.25. The fraction of sp³-hybridized carbons (Fsp3) is 0.0769. The molecule has 0 heterocycles. The second-order valence-corrected chi connectivity index (χ2v) is 5.02. The van der Waals surface area contributed by atoms with Gasteiger partial charge in [-0.2, -0.15) is 0 Å². The van der Waals surface area contributed by atoms with Gasteiger partial charge in [0.25, 0.3) is 0 Å². The largest absolute Gasteiger partial charge is 0.114 e. The molecule has 2 aromatic rings. The van der Waals surface area contributed by atoms with Crippen molar-refractivity contribution in [1.29, 1.82) is 0 Å². The van der Waals surface area contributed by atoms with Crippen molar-refractivity contribution in [3.05, 3.63) is 71.8 Å². The number of benzene rings is 2. The fourth-order valence-corrected chi connectivity index (χ4v) is 2.09. The summed E-state index contributed by atoms with van der Waals surface area (Å²) in [5.41, 5.74) is 2.07. The number of rotatable bonds is 2. The number of halogens is 1. The van der Waals surface area contributed by atoms with Gasteiger partial charge in [-0.3, -0.25) is 0 Å². The molecule has 2 rings (SSSR count). The molecule has 0 N–H and O–H groups in total. The maximum atomic E-state index is 6.50. The van der Waals surface area contributed by atoms with Gasteiger partial charge >= 0.3 is 0 Å². The number of hydrogen-bond acceptors (Lipinski definition) is 0. The van der Waals surface area contributed by atoms with Crippen molar-refractivity contribution in [3.8, 4) is 0 Å². The Balaban J connectivity index is 2.44. The summed E-state index contributed by atoms with van der Waals surface area (Å²) in [4.78, 5) is 0. The van der Waals surface area contributed by atoms with E-state index in [9.17, 15) is 0 Å². The molecule has 0 amide bonds. The van der Waals surface area contributed by atoms with Crippen molar-refractivity contribution < 1.29 is 0 Å². The molecule has 3 radical (unpaired) electrons. The van der Waals surface area contributed by atoms with Crippen LogP contribution in [0.4, 0.5) is 0 Å². The minimum absolute atomic E-state index is 0.636. The topological polar surface area (TPSA) is 0 Å². The van der Waals surface area contributed by atoms with Crippen molar-refractivity contribution >= 4 is 21.8 Å². The van der Waals surface area contributed by atoms with E-state index in [-0.39, 0.29) is 0 Å². The van der Waals surface area contributed by atoms with Crippen LogP contribution in [-0.4, -0.2) is 10.2 Å². The molecule has 0 aromatic heterocycles. The van der Waals surface area contributed by atoms with Gasteiger partial charge in [0.1, 0.15) is 0 Å². The minimum Gasteiger partial charge on any atom is -0.114 e. The van der Waals surface area contributed by atoms with Gasteiger partial charge in [-0.1, -0.05) is 60.7 Å². The fourth-order valence-electron chi connectivity index (χ4n) is 1.50. The van der Waals surface area contributed by atoms with Crippen LogP contribution in [0.2, 0.25) is 0 Å². The Bertz CT molecular complexity index is 381. The molecule has 15 heavy (non-hydrogen) atoms. The summed E-state index contributed by atoms with van der Waals surface area (Å²) >= 11 is 6.50. The minimum atomic E-state index is -0.636. The average Bonchev–Trinajstić information content (AvgIpc) is 2.31. The molecule has 2 heteroatoms. The van der Waals surface area contributed by atoms with E-state index in [1.807, 2.05) is 60.7 Å². The van der Waals surface area contributed by atoms with Crippen molar-refractivity contribution in [2.75, 3.05) is 0 Å². The van der Waals surface area contributed by atoms with Crippen LogP contribution in [-0.2, 0) is 4.50 Å². The molecule has 0 saturated carbocycles. The first-order valence-corrected chi connectivity index (χ1v) is 5.64. The van der Waals surface area contributed by atoms with Crippen LogP contribution in [0.1, 0.15) is 11.1 Å². The molecule has 0 bridgehead atoms. The second kappa shape index (κ2) is 4.21. The van der Waals surface area contributed by atoms with E-state index in [0.717, 1.165) is 11.1 Å². The van der Waals surface area contributed by atoms with Gasteiger partial charge in [0.15, 0.2) is 0 Å². The van der Waals surface area contributed by atoms with Crippen LogP contribution >= 0.6 is 11.6 Å². The highest BCUT2D eigenvalue weighted by atomic mass is 35.5. The summed E-state index contributed by atoms with van der Waals surface area (Å²) in [6, 6.07) is 19.9. The molecule has 0 nitrogen and oxygen atoms in total. The zero-order valence-corrected chi connectivity index (χ0v) is 9.91. The van der Waals surface area contributed by atoms with Gasteiger partial charge in [-0.15, -0.1) is 11.6 Å². The van der Waals surface area contributed by atoms with Crippen LogP contribution in [0.15, 0.2) is 60.7 Å².